The van der Waals surface area contributed by atoms with E-state index in [0.717, 1.165) is 42.4 Å². The van der Waals surface area contributed by atoms with Gasteiger partial charge >= 0.3 is 0 Å². The molecule has 1 aromatic carbocycles. The normalized spacial score (nSPS) is 19.4. The van der Waals surface area contributed by atoms with Crippen molar-refractivity contribution in [2.24, 2.45) is 0 Å². The Labute approximate surface area is 175 Å². The third-order valence-electron chi connectivity index (χ3n) is 6.39. The van der Waals surface area contributed by atoms with E-state index in [2.05, 4.69) is 9.88 Å². The molecule has 0 radical (unpaired) electrons. The van der Waals surface area contributed by atoms with E-state index in [1.807, 2.05) is 36.5 Å². The lowest BCUT2D eigenvalue weighted by Gasteiger charge is -2.29. The summed E-state index contributed by atoms with van der Waals surface area (Å²) in [4.78, 5) is 29.9. The first kappa shape index (κ1) is 19.2. The maximum atomic E-state index is 13.3. The minimum Gasteiger partial charge on any atom is -0.383 e. The molecule has 1 saturated heterocycles. The standard InChI is InChI=1S/C23H27N5O2/c1-30-15-14-28-22(25-18-9-3-2-8-17(18)23(28)29)19-10-5-13-27(19)20-11-12-24-21(26-20)16-6-4-7-16/h2-3,8-9,11-12,16,19H,4-7,10,13-15H2,1H3. The van der Waals surface area contributed by atoms with E-state index in [1.165, 1.54) is 19.3 Å². The third-order valence-corrected chi connectivity index (χ3v) is 6.39. The summed E-state index contributed by atoms with van der Waals surface area (Å²) in [6.07, 6.45) is 7.47. The number of benzene rings is 1. The number of fused-ring (bicyclic) bond motifs is 1. The van der Waals surface area contributed by atoms with E-state index in [0.29, 0.717) is 24.5 Å². The van der Waals surface area contributed by atoms with Gasteiger partial charge in [-0.05, 0) is 43.9 Å². The zero-order chi connectivity index (χ0) is 20.5. The molecule has 1 aliphatic heterocycles. The van der Waals surface area contributed by atoms with Gasteiger partial charge in [0, 0.05) is 25.8 Å². The van der Waals surface area contributed by atoms with Gasteiger partial charge in [-0.25, -0.2) is 15.0 Å². The molecule has 7 nitrogen and oxygen atoms in total. The van der Waals surface area contributed by atoms with Crippen LogP contribution < -0.4 is 10.5 Å². The van der Waals surface area contributed by atoms with Crippen molar-refractivity contribution in [3.63, 3.8) is 0 Å². The second kappa shape index (κ2) is 8.14. The molecule has 2 aromatic heterocycles. The molecule has 1 atom stereocenters. The average Bonchev–Trinajstić information content (AvgIpc) is 3.22. The zero-order valence-electron chi connectivity index (χ0n) is 17.3. The third kappa shape index (κ3) is 3.37. The molecule has 1 unspecified atom stereocenters. The van der Waals surface area contributed by atoms with E-state index >= 15 is 0 Å². The van der Waals surface area contributed by atoms with Crippen LogP contribution in [0, 0.1) is 0 Å². The fourth-order valence-electron chi connectivity index (χ4n) is 4.53. The summed E-state index contributed by atoms with van der Waals surface area (Å²) in [5.74, 6) is 3.18. The van der Waals surface area contributed by atoms with E-state index in [1.54, 1.807) is 11.7 Å². The van der Waals surface area contributed by atoms with Crippen LogP contribution in [0.15, 0.2) is 41.3 Å². The first-order valence-corrected chi connectivity index (χ1v) is 10.8. The van der Waals surface area contributed by atoms with Gasteiger partial charge < -0.3 is 9.64 Å². The Morgan fingerprint density at radius 3 is 2.77 bits per heavy atom. The van der Waals surface area contributed by atoms with Gasteiger partial charge in [0.1, 0.15) is 17.5 Å². The molecule has 1 aliphatic carbocycles. The molecule has 2 fully saturated rings. The SMILES string of the molecule is COCCn1c(C2CCCN2c2ccnc(C3CCC3)n2)nc2ccccc2c1=O. The maximum Gasteiger partial charge on any atom is 0.261 e. The number of rotatable bonds is 6. The van der Waals surface area contributed by atoms with Crippen molar-refractivity contribution < 1.29 is 4.74 Å². The Hall–Kier alpha value is -2.80. The molecule has 0 spiro atoms. The van der Waals surface area contributed by atoms with E-state index in [9.17, 15) is 4.79 Å². The van der Waals surface area contributed by atoms with Crippen LogP contribution in [0.5, 0.6) is 0 Å². The van der Waals surface area contributed by atoms with Crippen molar-refractivity contribution in [1.82, 2.24) is 19.5 Å². The first-order chi connectivity index (χ1) is 14.8. The fourth-order valence-corrected chi connectivity index (χ4v) is 4.53. The fraction of sp³-hybridized carbons (Fsp3) is 0.478. The molecule has 3 aromatic rings. The van der Waals surface area contributed by atoms with Gasteiger partial charge in [-0.3, -0.25) is 9.36 Å². The highest BCUT2D eigenvalue weighted by atomic mass is 16.5. The lowest BCUT2D eigenvalue weighted by molar-refractivity contribution is 0.184. The molecule has 7 heteroatoms. The minimum absolute atomic E-state index is 0.00246. The Bertz CT molecular complexity index is 1110. The number of aromatic nitrogens is 4. The Balaban J connectivity index is 1.57. The van der Waals surface area contributed by atoms with Crippen LogP contribution in [-0.2, 0) is 11.3 Å². The second-order valence-electron chi connectivity index (χ2n) is 8.19. The van der Waals surface area contributed by atoms with Gasteiger partial charge in [0.25, 0.3) is 5.56 Å². The highest BCUT2D eigenvalue weighted by Crippen LogP contribution is 2.37. The molecule has 0 amide bonds. The average molecular weight is 406 g/mol. The number of methoxy groups -OCH3 is 1. The highest BCUT2D eigenvalue weighted by molar-refractivity contribution is 5.77. The number of para-hydroxylation sites is 1. The molecule has 1 saturated carbocycles. The summed E-state index contributed by atoms with van der Waals surface area (Å²) in [5.41, 5.74) is 0.744. The number of anilines is 1. The minimum atomic E-state index is -0.00246. The van der Waals surface area contributed by atoms with E-state index in [-0.39, 0.29) is 11.6 Å². The van der Waals surface area contributed by atoms with E-state index < -0.39 is 0 Å². The smallest absolute Gasteiger partial charge is 0.261 e. The number of nitrogens with zero attached hydrogens (tertiary/aromatic N) is 5. The Morgan fingerprint density at radius 1 is 1.10 bits per heavy atom. The molecule has 0 bridgehead atoms. The van der Waals surface area contributed by atoms with Crippen LogP contribution in [-0.4, -0.2) is 39.8 Å². The van der Waals surface area contributed by atoms with Gasteiger partial charge in [-0.1, -0.05) is 18.6 Å². The van der Waals surface area contributed by atoms with Crippen molar-refractivity contribution in [1.29, 1.82) is 0 Å². The van der Waals surface area contributed by atoms with Crippen molar-refractivity contribution in [3.05, 3.63) is 58.5 Å². The predicted molar refractivity (Wildman–Crippen MR) is 116 cm³/mol. The van der Waals surface area contributed by atoms with Crippen LogP contribution in [0.1, 0.15) is 55.7 Å². The maximum absolute atomic E-state index is 13.3. The monoisotopic (exact) mass is 405 g/mol. The van der Waals surface area contributed by atoms with Crippen LogP contribution in [0.4, 0.5) is 5.82 Å². The summed E-state index contributed by atoms with van der Waals surface area (Å²) in [6, 6.07) is 9.58. The number of ether oxygens (including phenoxy) is 1. The summed E-state index contributed by atoms with van der Waals surface area (Å²) >= 11 is 0. The summed E-state index contributed by atoms with van der Waals surface area (Å²) in [6.45, 7) is 1.86. The van der Waals surface area contributed by atoms with Gasteiger partial charge in [-0.2, -0.15) is 0 Å². The Kier molecular flexibility index (Phi) is 5.21. The summed E-state index contributed by atoms with van der Waals surface area (Å²) < 4.78 is 7.08. The van der Waals surface area contributed by atoms with Gasteiger partial charge in [0.05, 0.1) is 30.1 Å². The lowest BCUT2D eigenvalue weighted by Crippen LogP contribution is -2.33. The van der Waals surface area contributed by atoms with Gasteiger partial charge in [0.15, 0.2) is 0 Å². The van der Waals surface area contributed by atoms with Gasteiger partial charge in [-0.15, -0.1) is 0 Å². The Morgan fingerprint density at radius 2 is 1.97 bits per heavy atom. The first-order valence-electron chi connectivity index (χ1n) is 10.8. The van der Waals surface area contributed by atoms with Gasteiger partial charge in [0.2, 0.25) is 0 Å². The summed E-state index contributed by atoms with van der Waals surface area (Å²) in [5, 5.41) is 0.649. The van der Waals surface area contributed by atoms with Crippen molar-refractivity contribution >= 4 is 16.7 Å². The second-order valence-corrected chi connectivity index (χ2v) is 8.19. The molecule has 3 heterocycles. The molecule has 156 valence electrons. The number of hydrogen-bond donors (Lipinski definition) is 0. The molecular formula is C23H27N5O2. The molecule has 2 aliphatic rings. The van der Waals surface area contributed by atoms with Crippen molar-refractivity contribution in [2.45, 2.75) is 50.6 Å². The van der Waals surface area contributed by atoms with Crippen LogP contribution in [0.3, 0.4) is 0 Å². The molecule has 0 N–H and O–H groups in total. The topological polar surface area (TPSA) is 73.1 Å². The van der Waals surface area contributed by atoms with E-state index in [4.69, 9.17) is 14.7 Å². The number of hydrogen-bond acceptors (Lipinski definition) is 6. The predicted octanol–water partition coefficient (Wildman–Crippen LogP) is 3.44. The highest BCUT2D eigenvalue weighted by Gasteiger charge is 2.32. The van der Waals surface area contributed by atoms with Crippen LogP contribution in [0.2, 0.25) is 0 Å². The van der Waals surface area contributed by atoms with Crippen LogP contribution in [0.25, 0.3) is 10.9 Å². The summed E-state index contributed by atoms with van der Waals surface area (Å²) in [7, 11) is 1.66. The molecule has 30 heavy (non-hydrogen) atoms. The van der Waals surface area contributed by atoms with Crippen molar-refractivity contribution in [3.8, 4) is 0 Å². The van der Waals surface area contributed by atoms with Crippen molar-refractivity contribution in [2.75, 3.05) is 25.2 Å². The molecular weight excluding hydrogens is 378 g/mol. The van der Waals surface area contributed by atoms with Crippen LogP contribution >= 0.6 is 0 Å². The largest absolute Gasteiger partial charge is 0.383 e. The lowest BCUT2D eigenvalue weighted by atomic mass is 9.85. The zero-order valence-corrected chi connectivity index (χ0v) is 17.3. The molecule has 5 rings (SSSR count). The quantitative estimate of drug-likeness (QED) is 0.625.